The Labute approximate surface area is 104 Å². The van der Waals surface area contributed by atoms with E-state index in [0.717, 1.165) is 38.9 Å². The zero-order valence-corrected chi connectivity index (χ0v) is 11.1. The molecule has 1 rings (SSSR count). The van der Waals surface area contributed by atoms with Crippen LogP contribution in [0.1, 0.15) is 46.0 Å². The number of nitrogens with two attached hydrogens (primary N) is 1. The molecule has 1 aliphatic rings. The van der Waals surface area contributed by atoms with E-state index in [4.69, 9.17) is 10.5 Å². The van der Waals surface area contributed by atoms with Crippen LogP contribution in [0.15, 0.2) is 0 Å². The number of nitrogens with one attached hydrogen (secondary N) is 1. The second-order valence-electron chi connectivity index (χ2n) is 5.18. The Morgan fingerprint density at radius 2 is 2.06 bits per heavy atom. The van der Waals surface area contributed by atoms with Gasteiger partial charge in [-0.05, 0) is 45.4 Å². The van der Waals surface area contributed by atoms with Crippen molar-refractivity contribution in [1.29, 1.82) is 0 Å². The van der Waals surface area contributed by atoms with Crippen LogP contribution in [0.25, 0.3) is 0 Å². The molecule has 0 aliphatic carbocycles. The molecule has 1 saturated heterocycles. The highest BCUT2D eigenvalue weighted by Gasteiger charge is 2.21. The first-order chi connectivity index (χ1) is 8.09. The second-order valence-corrected chi connectivity index (χ2v) is 5.18. The van der Waals surface area contributed by atoms with Crippen LogP contribution < -0.4 is 11.1 Å². The number of ether oxygens (including phenoxy) is 1. The van der Waals surface area contributed by atoms with E-state index in [1.54, 1.807) is 0 Å². The molecule has 0 bridgehead atoms. The Kier molecular flexibility index (Phi) is 6.52. The van der Waals surface area contributed by atoms with Crippen LogP contribution in [0, 0.1) is 5.92 Å². The van der Waals surface area contributed by atoms with Crippen molar-refractivity contribution in [1.82, 2.24) is 5.32 Å². The lowest BCUT2D eigenvalue weighted by Crippen LogP contribution is -2.40. The fourth-order valence-corrected chi connectivity index (χ4v) is 2.24. The summed E-state index contributed by atoms with van der Waals surface area (Å²) < 4.78 is 5.32. The van der Waals surface area contributed by atoms with E-state index in [-0.39, 0.29) is 18.0 Å². The normalized spacial score (nSPS) is 20.9. The topological polar surface area (TPSA) is 64.4 Å². The van der Waals surface area contributed by atoms with E-state index in [1.807, 2.05) is 6.92 Å². The van der Waals surface area contributed by atoms with Crippen molar-refractivity contribution in [3.8, 4) is 0 Å². The lowest BCUT2D eigenvalue weighted by atomic mass is 9.93. The van der Waals surface area contributed by atoms with Crippen LogP contribution in [-0.2, 0) is 9.53 Å². The van der Waals surface area contributed by atoms with Crippen molar-refractivity contribution in [3.05, 3.63) is 0 Å². The Bertz CT molecular complexity index is 225. The van der Waals surface area contributed by atoms with Gasteiger partial charge < -0.3 is 15.8 Å². The van der Waals surface area contributed by atoms with Crippen molar-refractivity contribution in [2.75, 3.05) is 13.2 Å². The lowest BCUT2D eigenvalue weighted by Gasteiger charge is -2.28. The van der Waals surface area contributed by atoms with Gasteiger partial charge in [0.1, 0.15) is 0 Å². The summed E-state index contributed by atoms with van der Waals surface area (Å²) in [6.45, 7) is 5.73. The SMILES string of the molecule is CC(N)CCCC(=O)NC(C)C1CCOCC1. The van der Waals surface area contributed by atoms with Gasteiger partial charge in [0.15, 0.2) is 0 Å². The predicted octanol–water partition coefficient (Wildman–Crippen LogP) is 1.44. The quantitative estimate of drug-likeness (QED) is 0.740. The maximum absolute atomic E-state index is 11.7. The number of carbonyl (C=O) groups is 1. The van der Waals surface area contributed by atoms with E-state index in [9.17, 15) is 4.79 Å². The summed E-state index contributed by atoms with van der Waals surface area (Å²) in [6, 6.07) is 0.456. The highest BCUT2D eigenvalue weighted by Crippen LogP contribution is 2.18. The van der Waals surface area contributed by atoms with Crippen LogP contribution in [-0.4, -0.2) is 31.2 Å². The van der Waals surface area contributed by atoms with Gasteiger partial charge in [-0.15, -0.1) is 0 Å². The van der Waals surface area contributed by atoms with Crippen molar-refractivity contribution in [2.24, 2.45) is 11.7 Å². The van der Waals surface area contributed by atoms with Gasteiger partial charge in [-0.25, -0.2) is 0 Å². The van der Waals surface area contributed by atoms with E-state index in [0.29, 0.717) is 12.3 Å². The molecule has 4 nitrogen and oxygen atoms in total. The molecule has 0 saturated carbocycles. The third kappa shape index (κ3) is 6.03. The van der Waals surface area contributed by atoms with Crippen molar-refractivity contribution < 1.29 is 9.53 Å². The smallest absolute Gasteiger partial charge is 0.220 e. The van der Waals surface area contributed by atoms with E-state index in [1.165, 1.54) is 0 Å². The van der Waals surface area contributed by atoms with Crippen LogP contribution in [0.5, 0.6) is 0 Å². The number of carbonyl (C=O) groups excluding carboxylic acids is 1. The van der Waals surface area contributed by atoms with Gasteiger partial charge in [0.05, 0.1) is 0 Å². The number of hydrogen-bond donors (Lipinski definition) is 2. The fourth-order valence-electron chi connectivity index (χ4n) is 2.24. The fraction of sp³-hybridized carbons (Fsp3) is 0.923. The molecule has 17 heavy (non-hydrogen) atoms. The summed E-state index contributed by atoms with van der Waals surface area (Å²) in [7, 11) is 0. The number of rotatable bonds is 6. The predicted molar refractivity (Wildman–Crippen MR) is 68.6 cm³/mol. The van der Waals surface area contributed by atoms with Gasteiger partial charge in [0.2, 0.25) is 5.91 Å². The molecule has 1 fully saturated rings. The summed E-state index contributed by atoms with van der Waals surface area (Å²) in [5, 5.41) is 3.09. The molecule has 0 radical (unpaired) electrons. The molecule has 2 atom stereocenters. The highest BCUT2D eigenvalue weighted by molar-refractivity contribution is 5.76. The summed E-state index contributed by atoms with van der Waals surface area (Å²) in [5.41, 5.74) is 5.65. The van der Waals surface area contributed by atoms with E-state index in [2.05, 4.69) is 12.2 Å². The first kappa shape index (κ1) is 14.5. The molecule has 1 heterocycles. The Balaban J connectivity index is 2.15. The van der Waals surface area contributed by atoms with E-state index < -0.39 is 0 Å². The van der Waals surface area contributed by atoms with Gasteiger partial charge in [-0.3, -0.25) is 4.79 Å². The molecule has 0 aromatic heterocycles. The standard InChI is InChI=1S/C13H26N2O2/c1-10(14)4-3-5-13(16)15-11(2)12-6-8-17-9-7-12/h10-12H,3-9,14H2,1-2H3,(H,15,16). The largest absolute Gasteiger partial charge is 0.381 e. The maximum Gasteiger partial charge on any atom is 0.220 e. The molecule has 0 spiro atoms. The highest BCUT2D eigenvalue weighted by atomic mass is 16.5. The van der Waals surface area contributed by atoms with Gasteiger partial charge in [-0.1, -0.05) is 0 Å². The first-order valence-corrected chi connectivity index (χ1v) is 6.72. The van der Waals surface area contributed by atoms with E-state index >= 15 is 0 Å². The van der Waals surface area contributed by atoms with Gasteiger partial charge in [0.25, 0.3) is 0 Å². The minimum Gasteiger partial charge on any atom is -0.381 e. The molecular formula is C13H26N2O2. The lowest BCUT2D eigenvalue weighted by molar-refractivity contribution is -0.122. The average Bonchev–Trinajstić information content (AvgIpc) is 2.29. The molecule has 2 unspecified atom stereocenters. The first-order valence-electron chi connectivity index (χ1n) is 6.72. The van der Waals surface area contributed by atoms with Crippen LogP contribution in [0.2, 0.25) is 0 Å². The number of hydrogen-bond acceptors (Lipinski definition) is 3. The molecule has 1 aliphatic heterocycles. The number of amides is 1. The minimum absolute atomic E-state index is 0.157. The van der Waals surface area contributed by atoms with Crippen LogP contribution in [0.3, 0.4) is 0 Å². The van der Waals surface area contributed by atoms with Crippen LogP contribution in [0.4, 0.5) is 0 Å². The van der Waals surface area contributed by atoms with Crippen molar-refractivity contribution >= 4 is 5.91 Å². The van der Waals surface area contributed by atoms with Gasteiger partial charge >= 0.3 is 0 Å². The Hall–Kier alpha value is -0.610. The van der Waals surface area contributed by atoms with Gasteiger partial charge in [0, 0.05) is 31.7 Å². The third-order valence-electron chi connectivity index (χ3n) is 3.43. The maximum atomic E-state index is 11.7. The molecule has 4 heteroatoms. The molecular weight excluding hydrogens is 216 g/mol. The monoisotopic (exact) mass is 242 g/mol. The summed E-state index contributed by atoms with van der Waals surface area (Å²) in [5.74, 6) is 0.728. The zero-order chi connectivity index (χ0) is 12.7. The van der Waals surface area contributed by atoms with Crippen molar-refractivity contribution in [3.63, 3.8) is 0 Å². The molecule has 100 valence electrons. The summed E-state index contributed by atoms with van der Waals surface area (Å²) >= 11 is 0. The summed E-state index contributed by atoms with van der Waals surface area (Å²) in [4.78, 5) is 11.7. The average molecular weight is 242 g/mol. The Morgan fingerprint density at radius 1 is 1.41 bits per heavy atom. The molecule has 3 N–H and O–H groups in total. The molecule has 1 amide bonds. The zero-order valence-electron chi connectivity index (χ0n) is 11.1. The molecule has 0 aromatic carbocycles. The van der Waals surface area contributed by atoms with Crippen LogP contribution >= 0.6 is 0 Å². The molecule has 0 aromatic rings. The third-order valence-corrected chi connectivity index (χ3v) is 3.43. The second kappa shape index (κ2) is 7.67. The minimum atomic E-state index is 0.157. The van der Waals surface area contributed by atoms with Crippen molar-refractivity contribution in [2.45, 2.75) is 58.0 Å². The van der Waals surface area contributed by atoms with Gasteiger partial charge in [-0.2, -0.15) is 0 Å². The summed E-state index contributed by atoms with van der Waals surface area (Å²) in [6.07, 6.45) is 4.50. The Morgan fingerprint density at radius 3 is 2.65 bits per heavy atom.